The molecule has 0 aromatic heterocycles. The van der Waals surface area contributed by atoms with Gasteiger partial charge >= 0.3 is 0 Å². The van der Waals surface area contributed by atoms with Crippen LogP contribution in [-0.2, 0) is 6.42 Å². The highest BCUT2D eigenvalue weighted by Gasteiger charge is 2.18. The van der Waals surface area contributed by atoms with Gasteiger partial charge in [-0.2, -0.15) is 0 Å². The van der Waals surface area contributed by atoms with Gasteiger partial charge in [0.15, 0.2) is 0 Å². The van der Waals surface area contributed by atoms with E-state index in [0.717, 1.165) is 22.0 Å². The van der Waals surface area contributed by atoms with Gasteiger partial charge in [0.25, 0.3) is 0 Å². The Kier molecular flexibility index (Phi) is 5.00. The van der Waals surface area contributed by atoms with Crippen molar-refractivity contribution in [2.45, 2.75) is 18.7 Å². The lowest BCUT2D eigenvalue weighted by Gasteiger charge is -2.19. The summed E-state index contributed by atoms with van der Waals surface area (Å²) in [6, 6.07) is 14.7. The second-order valence-electron chi connectivity index (χ2n) is 4.73. The van der Waals surface area contributed by atoms with Crippen LogP contribution < -0.4 is 0 Å². The van der Waals surface area contributed by atoms with Crippen molar-refractivity contribution in [3.8, 4) is 0 Å². The number of hydrogen-bond acceptors (Lipinski definition) is 0. The Morgan fingerprint density at radius 2 is 1.84 bits per heavy atom. The van der Waals surface area contributed by atoms with E-state index in [-0.39, 0.29) is 17.1 Å². The number of benzene rings is 2. The monoisotopic (exact) mass is 340 g/mol. The van der Waals surface area contributed by atoms with Gasteiger partial charge in [-0.3, -0.25) is 0 Å². The molecule has 3 heteroatoms. The van der Waals surface area contributed by atoms with E-state index in [4.69, 9.17) is 11.6 Å². The molecule has 0 nitrogen and oxygen atoms in total. The summed E-state index contributed by atoms with van der Waals surface area (Å²) in [5.74, 6) is 0.0124. The summed E-state index contributed by atoms with van der Waals surface area (Å²) >= 11 is 9.94. The van der Waals surface area contributed by atoms with E-state index < -0.39 is 0 Å². The topological polar surface area (TPSA) is 0 Å². The van der Waals surface area contributed by atoms with Crippen molar-refractivity contribution in [3.05, 3.63) is 69.9 Å². The maximum Gasteiger partial charge on any atom is 0.123 e. The highest BCUT2D eigenvalue weighted by Crippen LogP contribution is 2.32. The Morgan fingerprint density at radius 3 is 2.53 bits per heavy atom. The van der Waals surface area contributed by atoms with Crippen molar-refractivity contribution in [2.24, 2.45) is 5.92 Å². The zero-order chi connectivity index (χ0) is 13.8. The first-order valence-electron chi connectivity index (χ1n) is 6.21. The SMILES string of the molecule is CC(Cc1cc(F)ccc1Br)C(Cl)c1ccccc1. The van der Waals surface area contributed by atoms with Crippen molar-refractivity contribution in [2.75, 3.05) is 0 Å². The van der Waals surface area contributed by atoms with Crippen LogP contribution in [0.1, 0.15) is 23.4 Å². The molecule has 0 radical (unpaired) electrons. The van der Waals surface area contributed by atoms with Crippen molar-refractivity contribution in [1.29, 1.82) is 0 Å². The van der Waals surface area contributed by atoms with Crippen LogP contribution in [0.15, 0.2) is 53.0 Å². The van der Waals surface area contributed by atoms with E-state index >= 15 is 0 Å². The molecule has 0 fully saturated rings. The Bertz CT molecular complexity index is 542. The minimum Gasteiger partial charge on any atom is -0.207 e. The van der Waals surface area contributed by atoms with Gasteiger partial charge in [0, 0.05) is 4.47 Å². The van der Waals surface area contributed by atoms with Crippen LogP contribution in [-0.4, -0.2) is 0 Å². The normalized spacial score (nSPS) is 14.1. The zero-order valence-electron chi connectivity index (χ0n) is 10.6. The minimum atomic E-state index is -0.212. The number of rotatable bonds is 4. The number of alkyl halides is 1. The van der Waals surface area contributed by atoms with Gasteiger partial charge in [-0.1, -0.05) is 53.2 Å². The average Bonchev–Trinajstić information content (AvgIpc) is 2.43. The van der Waals surface area contributed by atoms with Gasteiger partial charge in [-0.05, 0) is 41.7 Å². The predicted octanol–water partition coefficient (Wildman–Crippen LogP) is 5.75. The third-order valence-electron chi connectivity index (χ3n) is 3.17. The standard InChI is InChI=1S/C16H15BrClF/c1-11(16(18)12-5-3-2-4-6-12)9-13-10-14(19)7-8-15(13)17/h2-8,10-11,16H,9H2,1H3. The quantitative estimate of drug-likeness (QED) is 0.621. The van der Waals surface area contributed by atoms with Gasteiger partial charge < -0.3 is 0 Å². The molecule has 0 aliphatic rings. The molecule has 0 saturated carbocycles. The van der Waals surface area contributed by atoms with E-state index in [1.807, 2.05) is 30.3 Å². The molecular formula is C16H15BrClF. The molecule has 0 aliphatic carbocycles. The van der Waals surface area contributed by atoms with Crippen molar-refractivity contribution in [3.63, 3.8) is 0 Å². The summed E-state index contributed by atoms with van der Waals surface area (Å²) < 4.78 is 14.2. The summed E-state index contributed by atoms with van der Waals surface area (Å²) in [5.41, 5.74) is 2.05. The highest BCUT2D eigenvalue weighted by atomic mass is 79.9. The van der Waals surface area contributed by atoms with Gasteiger partial charge in [0.2, 0.25) is 0 Å². The molecule has 19 heavy (non-hydrogen) atoms. The maximum absolute atomic E-state index is 13.3. The molecule has 2 aromatic carbocycles. The van der Waals surface area contributed by atoms with E-state index in [9.17, 15) is 4.39 Å². The molecular weight excluding hydrogens is 327 g/mol. The largest absolute Gasteiger partial charge is 0.207 e. The molecule has 0 heterocycles. The fourth-order valence-corrected chi connectivity index (χ4v) is 2.76. The first kappa shape index (κ1) is 14.5. The summed E-state index contributed by atoms with van der Waals surface area (Å²) in [7, 11) is 0. The van der Waals surface area contributed by atoms with E-state index in [0.29, 0.717) is 0 Å². The first-order valence-corrected chi connectivity index (χ1v) is 7.44. The first-order chi connectivity index (χ1) is 9.08. The number of hydrogen-bond donors (Lipinski definition) is 0. The van der Waals surface area contributed by atoms with Gasteiger partial charge in [-0.15, -0.1) is 11.6 Å². The lowest BCUT2D eigenvalue weighted by Crippen LogP contribution is -2.08. The summed E-state index contributed by atoms with van der Waals surface area (Å²) in [5, 5.41) is -0.0728. The van der Waals surface area contributed by atoms with Crippen LogP contribution in [0.5, 0.6) is 0 Å². The van der Waals surface area contributed by atoms with Gasteiger partial charge in [0.05, 0.1) is 5.38 Å². The van der Waals surface area contributed by atoms with E-state index in [1.54, 1.807) is 12.1 Å². The third kappa shape index (κ3) is 3.80. The molecule has 0 N–H and O–H groups in total. The predicted molar refractivity (Wildman–Crippen MR) is 82.0 cm³/mol. The highest BCUT2D eigenvalue weighted by molar-refractivity contribution is 9.10. The lowest BCUT2D eigenvalue weighted by atomic mass is 9.94. The van der Waals surface area contributed by atoms with Gasteiger partial charge in [0.1, 0.15) is 5.82 Å². The second kappa shape index (κ2) is 6.53. The average molecular weight is 342 g/mol. The van der Waals surface area contributed by atoms with Crippen LogP contribution in [0.3, 0.4) is 0 Å². The fraction of sp³-hybridized carbons (Fsp3) is 0.250. The van der Waals surface area contributed by atoms with Crippen molar-refractivity contribution in [1.82, 2.24) is 0 Å². The molecule has 2 aromatic rings. The van der Waals surface area contributed by atoms with Crippen molar-refractivity contribution < 1.29 is 4.39 Å². The smallest absolute Gasteiger partial charge is 0.123 e. The molecule has 0 amide bonds. The van der Waals surface area contributed by atoms with Crippen LogP contribution in [0.4, 0.5) is 4.39 Å². The van der Waals surface area contributed by atoms with Crippen molar-refractivity contribution >= 4 is 27.5 Å². The summed E-state index contributed by atoms with van der Waals surface area (Å²) in [6.45, 7) is 2.09. The third-order valence-corrected chi connectivity index (χ3v) is 4.62. The van der Waals surface area contributed by atoms with Gasteiger partial charge in [-0.25, -0.2) is 4.39 Å². The van der Waals surface area contributed by atoms with Crippen LogP contribution in [0.25, 0.3) is 0 Å². The van der Waals surface area contributed by atoms with Crippen LogP contribution >= 0.6 is 27.5 Å². The Labute approximate surface area is 126 Å². The summed E-state index contributed by atoms with van der Waals surface area (Å²) in [6.07, 6.45) is 0.738. The number of halogens is 3. The Hall–Kier alpha value is -0.860. The van der Waals surface area contributed by atoms with E-state index in [1.165, 1.54) is 6.07 Å². The second-order valence-corrected chi connectivity index (χ2v) is 6.05. The Morgan fingerprint density at radius 1 is 1.16 bits per heavy atom. The molecule has 2 rings (SSSR count). The summed E-state index contributed by atoms with van der Waals surface area (Å²) in [4.78, 5) is 0. The van der Waals surface area contributed by atoms with E-state index in [2.05, 4.69) is 22.9 Å². The maximum atomic E-state index is 13.3. The zero-order valence-corrected chi connectivity index (χ0v) is 13.0. The molecule has 0 saturated heterocycles. The molecule has 2 unspecified atom stereocenters. The van der Waals surface area contributed by atoms with Crippen LogP contribution in [0, 0.1) is 11.7 Å². The molecule has 0 bridgehead atoms. The minimum absolute atomic E-state index is 0.0728. The fourth-order valence-electron chi connectivity index (χ4n) is 2.12. The Balaban J connectivity index is 2.12. The van der Waals surface area contributed by atoms with Crippen LogP contribution in [0.2, 0.25) is 0 Å². The molecule has 100 valence electrons. The lowest BCUT2D eigenvalue weighted by molar-refractivity contribution is 0.552. The molecule has 0 aliphatic heterocycles. The molecule has 0 spiro atoms. The molecule has 2 atom stereocenters.